The summed E-state index contributed by atoms with van der Waals surface area (Å²) in [6.45, 7) is 4.76. The topological polar surface area (TPSA) is 0 Å². The van der Waals surface area contributed by atoms with Gasteiger partial charge in [-0.2, -0.15) is 0 Å². The van der Waals surface area contributed by atoms with E-state index in [0.717, 1.165) is 5.66 Å². The van der Waals surface area contributed by atoms with Crippen LogP contribution in [-0.4, -0.2) is 36.5 Å². The number of hydrogen-bond donors (Lipinski definition) is 0. The molecule has 0 N–H and O–H groups in total. The van der Waals surface area contributed by atoms with E-state index in [-0.39, 0.29) is 0 Å². The minimum absolute atomic E-state index is 1.08. The van der Waals surface area contributed by atoms with E-state index in [1.807, 2.05) is 0 Å². The smallest absolute Gasteiger partial charge is 0.0137 e. The van der Waals surface area contributed by atoms with Gasteiger partial charge in [-0.05, 0) is 36.5 Å². The van der Waals surface area contributed by atoms with Crippen molar-refractivity contribution in [3.05, 3.63) is 0 Å². The van der Waals surface area contributed by atoms with Crippen molar-refractivity contribution < 1.29 is 0 Å². The van der Waals surface area contributed by atoms with Crippen LogP contribution in [0.25, 0.3) is 0 Å². The summed E-state index contributed by atoms with van der Waals surface area (Å²) in [7, 11) is 3.78. The van der Waals surface area contributed by atoms with Crippen molar-refractivity contribution in [2.45, 2.75) is 18.2 Å². The molecule has 1 aliphatic heterocycles. The summed E-state index contributed by atoms with van der Waals surface area (Å²) in [5, 5.41) is 0. The van der Waals surface area contributed by atoms with Gasteiger partial charge in [0.15, 0.2) is 0 Å². The zero-order valence-corrected chi connectivity index (χ0v) is 9.78. The van der Waals surface area contributed by atoms with Gasteiger partial charge in [0.25, 0.3) is 0 Å². The Hall–Kier alpha value is 1.29. The second-order valence-corrected chi connectivity index (χ2v) is 7.45. The van der Waals surface area contributed by atoms with Gasteiger partial charge in [-0.1, -0.05) is 6.92 Å². The third kappa shape index (κ3) is 3.61. The van der Waals surface area contributed by atoms with Crippen molar-refractivity contribution >= 4 is 25.7 Å². The number of hydrogen-bond acceptors (Lipinski definition) is 0. The molecule has 0 aliphatic carbocycles. The second-order valence-electron chi connectivity index (χ2n) is 2.86. The van der Waals surface area contributed by atoms with E-state index in [4.69, 9.17) is 0 Å². The largest absolute Gasteiger partial charge is 0.125 e. The van der Waals surface area contributed by atoms with Gasteiger partial charge in [0, 0.05) is 0 Å². The highest BCUT2D eigenvalue weighted by Crippen LogP contribution is 2.46. The van der Waals surface area contributed by atoms with Gasteiger partial charge < -0.3 is 0 Å². The standard InChI is InChI=1S/C7H17P3/c1-6(7-5-10-7)9-4-3-8-2/h6-10H,3-5H2,1-2H3. The molecular formula is C7H17P3. The van der Waals surface area contributed by atoms with Crippen LogP contribution >= 0.6 is 25.7 Å². The van der Waals surface area contributed by atoms with Crippen LogP contribution in [-0.2, 0) is 0 Å². The Morgan fingerprint density at radius 3 is 2.80 bits per heavy atom. The van der Waals surface area contributed by atoms with Gasteiger partial charge in [0.2, 0.25) is 0 Å². The minimum atomic E-state index is 1.08. The van der Waals surface area contributed by atoms with E-state index in [1.165, 1.54) is 43.7 Å². The highest BCUT2D eigenvalue weighted by atomic mass is 31.1. The molecule has 5 atom stereocenters. The lowest BCUT2D eigenvalue weighted by Gasteiger charge is -2.07. The van der Waals surface area contributed by atoms with Gasteiger partial charge in [-0.15, -0.1) is 25.7 Å². The molecule has 10 heavy (non-hydrogen) atoms. The first-order valence-corrected chi connectivity index (χ1v) is 8.23. The average molecular weight is 194 g/mol. The molecule has 0 radical (unpaired) electrons. The van der Waals surface area contributed by atoms with Crippen molar-refractivity contribution in [3.8, 4) is 0 Å². The Bertz CT molecular complexity index is 90.9. The fourth-order valence-corrected chi connectivity index (χ4v) is 5.21. The zero-order valence-electron chi connectivity index (χ0n) is 6.78. The summed E-state index contributed by atoms with van der Waals surface area (Å²) in [5.41, 5.74) is 2.24. The summed E-state index contributed by atoms with van der Waals surface area (Å²) < 4.78 is 0. The lowest BCUT2D eigenvalue weighted by molar-refractivity contribution is 0.992. The van der Waals surface area contributed by atoms with Crippen molar-refractivity contribution in [1.82, 2.24) is 0 Å². The van der Waals surface area contributed by atoms with Crippen LogP contribution in [0.5, 0.6) is 0 Å². The Labute approximate surface area is 69.7 Å². The van der Waals surface area contributed by atoms with Crippen LogP contribution in [0.4, 0.5) is 0 Å². The fourth-order valence-electron chi connectivity index (χ4n) is 0.989. The van der Waals surface area contributed by atoms with Crippen molar-refractivity contribution in [2.24, 2.45) is 0 Å². The maximum atomic E-state index is 2.45. The molecule has 0 aromatic rings. The lowest BCUT2D eigenvalue weighted by Crippen LogP contribution is -2.02. The van der Waals surface area contributed by atoms with E-state index < -0.39 is 0 Å². The van der Waals surface area contributed by atoms with Crippen LogP contribution < -0.4 is 0 Å². The van der Waals surface area contributed by atoms with Crippen LogP contribution in [0, 0.1) is 0 Å². The maximum Gasteiger partial charge on any atom is -0.0137 e. The van der Waals surface area contributed by atoms with Gasteiger partial charge in [0.1, 0.15) is 0 Å². The first-order valence-electron chi connectivity index (χ1n) is 3.96. The monoisotopic (exact) mass is 194 g/mol. The molecule has 0 aromatic heterocycles. The molecule has 0 bridgehead atoms. The molecule has 1 fully saturated rings. The fraction of sp³-hybridized carbons (Fsp3) is 1.00. The third-order valence-electron chi connectivity index (χ3n) is 1.88. The Morgan fingerprint density at radius 1 is 1.60 bits per heavy atom. The highest BCUT2D eigenvalue weighted by Gasteiger charge is 2.26. The lowest BCUT2D eigenvalue weighted by atomic mass is 10.4. The van der Waals surface area contributed by atoms with E-state index in [2.05, 4.69) is 13.6 Å². The quantitative estimate of drug-likeness (QED) is 0.465. The highest BCUT2D eigenvalue weighted by molar-refractivity contribution is 7.50. The van der Waals surface area contributed by atoms with Crippen LogP contribution in [0.2, 0.25) is 0 Å². The molecule has 60 valence electrons. The molecular weight excluding hydrogens is 177 g/mol. The predicted molar refractivity (Wildman–Crippen MR) is 58.7 cm³/mol. The molecule has 1 saturated heterocycles. The zero-order chi connectivity index (χ0) is 7.40. The van der Waals surface area contributed by atoms with E-state index >= 15 is 0 Å². The summed E-state index contributed by atoms with van der Waals surface area (Å²) in [5.74, 6) is 0. The van der Waals surface area contributed by atoms with E-state index in [1.54, 1.807) is 6.16 Å². The first-order chi connectivity index (χ1) is 4.84. The van der Waals surface area contributed by atoms with E-state index in [0.29, 0.717) is 0 Å². The van der Waals surface area contributed by atoms with Gasteiger partial charge in [-0.25, -0.2) is 0 Å². The summed E-state index contributed by atoms with van der Waals surface area (Å²) >= 11 is 0. The second kappa shape index (κ2) is 5.03. The molecule has 1 heterocycles. The Balaban J connectivity index is 1.90. The van der Waals surface area contributed by atoms with Crippen molar-refractivity contribution in [2.75, 3.05) is 25.2 Å². The molecule has 0 spiro atoms. The first kappa shape index (κ1) is 9.38. The summed E-state index contributed by atoms with van der Waals surface area (Å²) in [4.78, 5) is 0. The normalized spacial score (nSPS) is 31.2. The SMILES string of the molecule is CPCCPC(C)C1CP1. The van der Waals surface area contributed by atoms with Gasteiger partial charge >= 0.3 is 0 Å². The van der Waals surface area contributed by atoms with Gasteiger partial charge in [0.05, 0.1) is 0 Å². The summed E-state index contributed by atoms with van der Waals surface area (Å²) in [6.07, 6.45) is 4.55. The molecule has 1 aliphatic rings. The molecule has 0 amide bonds. The van der Waals surface area contributed by atoms with Crippen LogP contribution in [0.15, 0.2) is 0 Å². The number of rotatable bonds is 5. The maximum absolute atomic E-state index is 2.45. The van der Waals surface area contributed by atoms with E-state index in [9.17, 15) is 0 Å². The Morgan fingerprint density at radius 2 is 2.30 bits per heavy atom. The van der Waals surface area contributed by atoms with Crippen LogP contribution in [0.3, 0.4) is 0 Å². The van der Waals surface area contributed by atoms with Gasteiger partial charge in [-0.3, -0.25) is 0 Å². The third-order valence-corrected chi connectivity index (χ3v) is 6.43. The molecule has 1 rings (SSSR count). The Kier molecular flexibility index (Phi) is 4.72. The predicted octanol–water partition coefficient (Wildman–Crippen LogP) is 2.42. The average Bonchev–Trinajstić information content (AvgIpc) is 2.69. The molecule has 5 unspecified atom stereocenters. The molecule has 0 aromatic carbocycles. The summed E-state index contributed by atoms with van der Waals surface area (Å²) in [6, 6.07) is 0. The molecule has 0 nitrogen and oxygen atoms in total. The minimum Gasteiger partial charge on any atom is -0.125 e. The van der Waals surface area contributed by atoms with Crippen LogP contribution in [0.1, 0.15) is 6.92 Å². The van der Waals surface area contributed by atoms with Crippen molar-refractivity contribution in [1.29, 1.82) is 0 Å². The molecule has 3 heteroatoms. The molecule has 0 saturated carbocycles. The van der Waals surface area contributed by atoms with Crippen molar-refractivity contribution in [3.63, 3.8) is 0 Å².